The van der Waals surface area contributed by atoms with Crippen LogP contribution in [0.5, 0.6) is 0 Å². The van der Waals surface area contributed by atoms with Crippen molar-refractivity contribution < 1.29 is 27.9 Å². The van der Waals surface area contributed by atoms with Crippen LogP contribution in [0.15, 0.2) is 54.7 Å². The molecule has 3 aliphatic rings. The van der Waals surface area contributed by atoms with Gasteiger partial charge in [0.1, 0.15) is 0 Å². The minimum absolute atomic E-state index is 0.217. The van der Waals surface area contributed by atoms with E-state index in [1.807, 2.05) is 24.3 Å². The third-order valence-electron chi connectivity index (χ3n) is 9.20. The first kappa shape index (κ1) is 27.7. The van der Waals surface area contributed by atoms with E-state index in [0.717, 1.165) is 66.3 Å². The molecule has 1 atom stereocenters. The Morgan fingerprint density at radius 2 is 1.71 bits per heavy atom. The predicted octanol–water partition coefficient (Wildman–Crippen LogP) is 5.74. The molecule has 10 heteroatoms. The second-order valence-electron chi connectivity index (χ2n) is 11.7. The summed E-state index contributed by atoms with van der Waals surface area (Å²) in [6, 6.07) is 12.6. The average molecular weight is 567 g/mol. The highest BCUT2D eigenvalue weighted by molar-refractivity contribution is 6.06. The molecular weight excluding hydrogens is 533 g/mol. The van der Waals surface area contributed by atoms with Gasteiger partial charge >= 0.3 is 12.2 Å². The highest BCUT2D eigenvalue weighted by Gasteiger charge is 2.54. The lowest BCUT2D eigenvalue weighted by atomic mass is 9.58. The van der Waals surface area contributed by atoms with E-state index in [-0.39, 0.29) is 24.3 Å². The van der Waals surface area contributed by atoms with Crippen LogP contribution in [-0.4, -0.2) is 46.6 Å². The van der Waals surface area contributed by atoms with Crippen molar-refractivity contribution in [3.63, 3.8) is 0 Å². The molecule has 3 amide bonds. The van der Waals surface area contributed by atoms with E-state index in [0.29, 0.717) is 31.7 Å². The lowest BCUT2D eigenvalue weighted by Gasteiger charge is -2.56. The van der Waals surface area contributed by atoms with E-state index in [1.165, 1.54) is 4.90 Å². The number of aliphatic hydroxyl groups is 1. The minimum atomic E-state index is -4.36. The van der Waals surface area contributed by atoms with Gasteiger partial charge < -0.3 is 5.11 Å². The van der Waals surface area contributed by atoms with Gasteiger partial charge in [0.05, 0.1) is 28.6 Å². The van der Waals surface area contributed by atoms with Crippen LogP contribution in [0.25, 0.3) is 10.9 Å². The van der Waals surface area contributed by atoms with Gasteiger partial charge in [-0.2, -0.15) is 13.2 Å². The number of amides is 3. The van der Waals surface area contributed by atoms with Crippen molar-refractivity contribution >= 4 is 28.5 Å². The Labute approximate surface area is 236 Å². The molecule has 3 aromatic rings. The summed E-state index contributed by atoms with van der Waals surface area (Å²) in [5.41, 5.74) is 0.851. The molecule has 3 fully saturated rings. The van der Waals surface area contributed by atoms with Crippen molar-refractivity contribution in [2.24, 2.45) is 5.41 Å². The van der Waals surface area contributed by atoms with Crippen LogP contribution in [0, 0.1) is 5.41 Å². The van der Waals surface area contributed by atoms with Gasteiger partial charge in [-0.3, -0.25) is 24.9 Å². The smallest absolute Gasteiger partial charge is 0.384 e. The molecule has 2 aliphatic heterocycles. The maximum Gasteiger partial charge on any atom is 0.416 e. The summed E-state index contributed by atoms with van der Waals surface area (Å²) in [6.07, 6.45) is 2.85. The van der Waals surface area contributed by atoms with Crippen molar-refractivity contribution in [2.75, 3.05) is 24.5 Å². The van der Waals surface area contributed by atoms with Gasteiger partial charge in [0.15, 0.2) is 0 Å². The van der Waals surface area contributed by atoms with E-state index in [4.69, 9.17) is 0 Å². The van der Waals surface area contributed by atoms with Gasteiger partial charge in [-0.25, -0.2) is 4.79 Å². The number of nitrogens with one attached hydrogen (secondary N) is 1. The molecule has 6 rings (SSSR count). The predicted molar refractivity (Wildman–Crippen MR) is 148 cm³/mol. The number of benzene rings is 2. The van der Waals surface area contributed by atoms with E-state index in [1.54, 1.807) is 18.3 Å². The third-order valence-corrected chi connectivity index (χ3v) is 9.20. The number of urea groups is 1. The number of halogens is 3. The van der Waals surface area contributed by atoms with Crippen LogP contribution in [0.4, 0.5) is 23.7 Å². The number of rotatable bonds is 4. The molecule has 1 saturated carbocycles. The normalized spacial score (nSPS) is 23.7. The summed E-state index contributed by atoms with van der Waals surface area (Å²) < 4.78 is 39.1. The zero-order valence-corrected chi connectivity index (χ0v) is 22.7. The first-order valence-corrected chi connectivity index (χ1v) is 14.2. The maximum absolute atomic E-state index is 13.0. The van der Waals surface area contributed by atoms with Gasteiger partial charge in [0.2, 0.25) is 5.91 Å². The Bertz CT molecular complexity index is 1470. The Kier molecular flexibility index (Phi) is 7.02. The topological polar surface area (TPSA) is 85.8 Å². The second kappa shape index (κ2) is 10.4. The first-order valence-electron chi connectivity index (χ1n) is 14.2. The number of alkyl halides is 3. The SMILES string of the molecule is O=C1CCN(c2cnc3ccc([C@@]4(O)CCN(Cc5ccc(C(F)(F)F)cc5)CC45CCCCC5)cc3c2)C(=O)N1. The molecule has 2 aromatic carbocycles. The molecule has 41 heavy (non-hydrogen) atoms. The maximum atomic E-state index is 13.0. The average Bonchev–Trinajstić information content (AvgIpc) is 2.95. The molecule has 0 radical (unpaired) electrons. The second-order valence-corrected chi connectivity index (χ2v) is 11.7. The summed E-state index contributed by atoms with van der Waals surface area (Å²) in [4.78, 5) is 32.3. The fourth-order valence-corrected chi connectivity index (χ4v) is 7.00. The lowest BCUT2D eigenvalue weighted by molar-refractivity contribution is -0.159. The van der Waals surface area contributed by atoms with Crippen LogP contribution in [0.2, 0.25) is 0 Å². The molecule has 1 spiro atoms. The van der Waals surface area contributed by atoms with E-state index >= 15 is 0 Å². The number of imide groups is 1. The number of carbonyl (C=O) groups is 2. The number of fused-ring (bicyclic) bond motifs is 1. The molecule has 0 unspecified atom stereocenters. The number of anilines is 1. The van der Waals surface area contributed by atoms with Gasteiger partial charge in [0.25, 0.3) is 0 Å². The Morgan fingerprint density at radius 3 is 2.41 bits per heavy atom. The summed E-state index contributed by atoms with van der Waals surface area (Å²) in [5, 5.41) is 15.6. The fourth-order valence-electron chi connectivity index (χ4n) is 7.00. The van der Waals surface area contributed by atoms with Crippen LogP contribution in [-0.2, 0) is 23.1 Å². The number of pyridine rings is 1. The van der Waals surface area contributed by atoms with E-state index < -0.39 is 23.4 Å². The lowest BCUT2D eigenvalue weighted by Crippen LogP contribution is -2.58. The van der Waals surface area contributed by atoms with Crippen molar-refractivity contribution in [3.8, 4) is 0 Å². The van der Waals surface area contributed by atoms with Gasteiger partial charge in [-0.15, -0.1) is 0 Å². The Morgan fingerprint density at radius 1 is 0.951 bits per heavy atom. The van der Waals surface area contributed by atoms with Crippen LogP contribution in [0.3, 0.4) is 0 Å². The van der Waals surface area contributed by atoms with Crippen LogP contribution < -0.4 is 10.2 Å². The number of piperidine rings is 1. The van der Waals surface area contributed by atoms with Crippen LogP contribution >= 0.6 is 0 Å². The highest BCUT2D eigenvalue weighted by atomic mass is 19.4. The van der Waals surface area contributed by atoms with Crippen molar-refractivity contribution in [3.05, 3.63) is 71.4 Å². The zero-order chi connectivity index (χ0) is 28.8. The number of hydrogen-bond acceptors (Lipinski definition) is 5. The molecule has 3 heterocycles. The number of nitrogens with zero attached hydrogens (tertiary/aromatic N) is 3. The molecule has 1 aromatic heterocycles. The molecule has 0 bridgehead atoms. The van der Waals surface area contributed by atoms with E-state index in [9.17, 15) is 27.9 Å². The van der Waals surface area contributed by atoms with Gasteiger partial charge in [-0.05, 0) is 60.7 Å². The largest absolute Gasteiger partial charge is 0.416 e. The summed E-state index contributed by atoms with van der Waals surface area (Å²) in [6.45, 7) is 2.07. The standard InChI is InChI=1S/C31H33F3N4O3/c32-31(33,34)23-6-4-21(5-7-23)19-37-15-13-30(41,29(20-37)11-2-1-3-12-29)24-8-9-26-22(16-24)17-25(18-35-26)38-14-10-27(39)36-28(38)40/h4-9,16-18,41H,1-3,10-15,19-20H2,(H,36,39,40)/t30-/m0/s1. The number of hydrogen-bond donors (Lipinski definition) is 2. The quantitative estimate of drug-likeness (QED) is 0.421. The van der Waals surface area contributed by atoms with Gasteiger partial charge in [0, 0.05) is 43.4 Å². The molecule has 7 nitrogen and oxygen atoms in total. The third kappa shape index (κ3) is 5.19. The number of aromatic nitrogens is 1. The van der Waals surface area contributed by atoms with Crippen molar-refractivity contribution in [1.82, 2.24) is 15.2 Å². The Balaban J connectivity index is 1.28. The van der Waals surface area contributed by atoms with Crippen molar-refractivity contribution in [1.29, 1.82) is 0 Å². The number of likely N-dealkylation sites (tertiary alicyclic amines) is 1. The fraction of sp³-hybridized carbons (Fsp3) is 0.452. The van der Waals surface area contributed by atoms with Gasteiger partial charge in [-0.1, -0.05) is 37.5 Å². The summed E-state index contributed by atoms with van der Waals surface area (Å²) in [5.74, 6) is -0.299. The highest BCUT2D eigenvalue weighted by Crippen LogP contribution is 2.55. The molecule has 2 N–H and O–H groups in total. The molecule has 1 aliphatic carbocycles. The number of carbonyl (C=O) groups excluding carboxylic acids is 2. The molecule has 216 valence electrons. The molecular formula is C31H33F3N4O3. The minimum Gasteiger partial charge on any atom is -0.384 e. The monoisotopic (exact) mass is 566 g/mol. The zero-order valence-electron chi connectivity index (χ0n) is 22.7. The summed E-state index contributed by atoms with van der Waals surface area (Å²) >= 11 is 0. The Hall–Kier alpha value is -3.50. The van der Waals surface area contributed by atoms with Crippen LogP contribution in [0.1, 0.15) is 61.6 Å². The summed E-state index contributed by atoms with van der Waals surface area (Å²) in [7, 11) is 0. The first-order chi connectivity index (χ1) is 19.6. The van der Waals surface area contributed by atoms with Crippen molar-refractivity contribution in [2.45, 2.75) is 63.3 Å². The molecule has 2 saturated heterocycles. The van der Waals surface area contributed by atoms with E-state index in [2.05, 4.69) is 15.2 Å².